The van der Waals surface area contributed by atoms with Gasteiger partial charge in [-0.15, -0.1) is 0 Å². The summed E-state index contributed by atoms with van der Waals surface area (Å²) in [6.07, 6.45) is 5.00. The largest absolute Gasteiger partial charge is 0.497 e. The zero-order valence-electron chi connectivity index (χ0n) is 14.3. The highest BCUT2D eigenvalue weighted by Gasteiger charge is 2.24. The van der Waals surface area contributed by atoms with E-state index in [1.807, 2.05) is 13.8 Å². The molecule has 0 spiro atoms. The van der Waals surface area contributed by atoms with Gasteiger partial charge >= 0.3 is 0 Å². The molecule has 0 aliphatic carbocycles. The van der Waals surface area contributed by atoms with E-state index in [0.29, 0.717) is 6.04 Å². The summed E-state index contributed by atoms with van der Waals surface area (Å²) in [5.74, 6) is 2.67. The van der Waals surface area contributed by atoms with Crippen molar-refractivity contribution in [3.8, 4) is 5.75 Å². The van der Waals surface area contributed by atoms with E-state index in [1.165, 1.54) is 31.2 Å². The monoisotopic (exact) mass is 314 g/mol. The lowest BCUT2D eigenvalue weighted by molar-refractivity contribution is 0.173. The average molecular weight is 314 g/mol. The van der Waals surface area contributed by atoms with Crippen molar-refractivity contribution in [1.29, 1.82) is 0 Å². The van der Waals surface area contributed by atoms with E-state index in [2.05, 4.69) is 34.1 Å². The maximum Gasteiger partial charge on any atom is 0.208 e. The van der Waals surface area contributed by atoms with Crippen molar-refractivity contribution < 1.29 is 9.15 Å². The minimum atomic E-state index is 0.427. The fraction of sp³-hybridized carbons (Fsp3) is 0.526. The SMILES string of the molecule is COc1ccc(C2CCCCCN2Cc2nc(C)c(C)o2)cc1. The van der Waals surface area contributed by atoms with E-state index in [4.69, 9.17) is 9.15 Å². The molecule has 2 heterocycles. The number of rotatable bonds is 4. The molecule has 124 valence electrons. The third-order valence-corrected chi connectivity index (χ3v) is 4.78. The standard InChI is InChI=1S/C19H26N2O2/c1-14-15(2)23-19(20-14)13-21-12-6-4-5-7-18(21)16-8-10-17(22-3)11-9-16/h8-11,18H,4-7,12-13H2,1-3H3. The van der Waals surface area contributed by atoms with Gasteiger partial charge in [-0.3, -0.25) is 4.90 Å². The van der Waals surface area contributed by atoms with Crippen LogP contribution in [0, 0.1) is 13.8 Å². The van der Waals surface area contributed by atoms with E-state index >= 15 is 0 Å². The third kappa shape index (κ3) is 3.75. The van der Waals surface area contributed by atoms with Gasteiger partial charge in [0.25, 0.3) is 0 Å². The molecule has 4 heteroatoms. The van der Waals surface area contributed by atoms with Gasteiger partial charge in [-0.25, -0.2) is 4.98 Å². The van der Waals surface area contributed by atoms with Crippen LogP contribution >= 0.6 is 0 Å². The number of hydrogen-bond donors (Lipinski definition) is 0. The summed E-state index contributed by atoms with van der Waals surface area (Å²) < 4.78 is 11.1. The van der Waals surface area contributed by atoms with Gasteiger partial charge in [0.2, 0.25) is 5.89 Å². The molecule has 3 rings (SSSR count). The van der Waals surface area contributed by atoms with Crippen molar-refractivity contribution in [3.05, 3.63) is 47.2 Å². The second kappa shape index (κ2) is 7.18. The second-order valence-corrected chi connectivity index (χ2v) is 6.36. The van der Waals surface area contributed by atoms with E-state index in [9.17, 15) is 0 Å². The van der Waals surface area contributed by atoms with E-state index in [1.54, 1.807) is 7.11 Å². The van der Waals surface area contributed by atoms with Crippen LogP contribution in [-0.2, 0) is 6.54 Å². The Morgan fingerprint density at radius 3 is 2.61 bits per heavy atom. The molecule has 1 saturated heterocycles. The summed E-state index contributed by atoms with van der Waals surface area (Å²) in [7, 11) is 1.71. The van der Waals surface area contributed by atoms with Gasteiger partial charge in [-0.2, -0.15) is 0 Å². The molecule has 4 nitrogen and oxygen atoms in total. The molecule has 0 amide bonds. The lowest BCUT2D eigenvalue weighted by atomic mass is 10.0. The number of ether oxygens (including phenoxy) is 1. The summed E-state index contributed by atoms with van der Waals surface area (Å²) >= 11 is 0. The summed E-state index contributed by atoms with van der Waals surface area (Å²) in [4.78, 5) is 7.08. The maximum atomic E-state index is 5.81. The molecule has 0 radical (unpaired) electrons. The molecule has 1 aliphatic heterocycles. The lowest BCUT2D eigenvalue weighted by Gasteiger charge is -2.29. The van der Waals surface area contributed by atoms with Crippen LogP contribution in [-0.4, -0.2) is 23.5 Å². The first-order valence-electron chi connectivity index (χ1n) is 8.48. The zero-order valence-corrected chi connectivity index (χ0v) is 14.3. The average Bonchev–Trinajstić information content (AvgIpc) is 2.76. The Kier molecular flexibility index (Phi) is 5.01. The van der Waals surface area contributed by atoms with Gasteiger partial charge in [0.1, 0.15) is 11.5 Å². The number of methoxy groups -OCH3 is 1. The van der Waals surface area contributed by atoms with Gasteiger partial charge in [-0.05, 0) is 50.9 Å². The predicted octanol–water partition coefficient (Wildman–Crippen LogP) is 4.42. The molecule has 2 aromatic rings. The van der Waals surface area contributed by atoms with Gasteiger partial charge in [0.15, 0.2) is 0 Å². The molecule has 1 atom stereocenters. The molecule has 1 fully saturated rings. The van der Waals surface area contributed by atoms with Crippen LogP contribution in [0.3, 0.4) is 0 Å². The second-order valence-electron chi connectivity index (χ2n) is 6.36. The molecule has 1 aliphatic rings. The molecule has 0 saturated carbocycles. The number of likely N-dealkylation sites (tertiary alicyclic amines) is 1. The Bertz CT molecular complexity index is 614. The van der Waals surface area contributed by atoms with Crippen LogP contribution in [0.15, 0.2) is 28.7 Å². The first-order valence-corrected chi connectivity index (χ1v) is 8.48. The highest BCUT2D eigenvalue weighted by molar-refractivity contribution is 5.29. The number of aryl methyl sites for hydroxylation is 2. The van der Waals surface area contributed by atoms with E-state index in [0.717, 1.165) is 36.2 Å². The number of nitrogens with zero attached hydrogens (tertiary/aromatic N) is 2. The first kappa shape index (κ1) is 16.1. The normalized spacial score (nSPS) is 19.5. The predicted molar refractivity (Wildman–Crippen MR) is 90.6 cm³/mol. The Balaban J connectivity index is 1.81. The smallest absolute Gasteiger partial charge is 0.208 e. The minimum Gasteiger partial charge on any atom is -0.497 e. The van der Waals surface area contributed by atoms with Crippen molar-refractivity contribution in [2.24, 2.45) is 0 Å². The Morgan fingerprint density at radius 1 is 1.17 bits per heavy atom. The number of benzene rings is 1. The maximum absolute atomic E-state index is 5.81. The minimum absolute atomic E-state index is 0.427. The summed E-state index contributed by atoms with van der Waals surface area (Å²) in [5, 5.41) is 0. The van der Waals surface area contributed by atoms with Crippen molar-refractivity contribution in [1.82, 2.24) is 9.88 Å². The number of hydrogen-bond acceptors (Lipinski definition) is 4. The van der Waals surface area contributed by atoms with Gasteiger partial charge in [0, 0.05) is 6.04 Å². The third-order valence-electron chi connectivity index (χ3n) is 4.78. The summed E-state index contributed by atoms with van der Waals surface area (Å²) in [6, 6.07) is 8.91. The van der Waals surface area contributed by atoms with Gasteiger partial charge < -0.3 is 9.15 Å². The zero-order chi connectivity index (χ0) is 16.2. The van der Waals surface area contributed by atoms with Crippen molar-refractivity contribution >= 4 is 0 Å². The molecule has 0 bridgehead atoms. The van der Waals surface area contributed by atoms with Gasteiger partial charge in [-0.1, -0.05) is 25.0 Å². The Morgan fingerprint density at radius 2 is 1.96 bits per heavy atom. The first-order chi connectivity index (χ1) is 11.2. The van der Waals surface area contributed by atoms with E-state index in [-0.39, 0.29) is 0 Å². The summed E-state index contributed by atoms with van der Waals surface area (Å²) in [5.41, 5.74) is 2.35. The topological polar surface area (TPSA) is 38.5 Å². The fourth-order valence-electron chi connectivity index (χ4n) is 3.34. The highest BCUT2D eigenvalue weighted by Crippen LogP contribution is 2.32. The highest BCUT2D eigenvalue weighted by atomic mass is 16.5. The quantitative estimate of drug-likeness (QED) is 0.837. The van der Waals surface area contributed by atoms with Crippen LogP contribution in [0.1, 0.15) is 54.6 Å². The number of oxazole rings is 1. The van der Waals surface area contributed by atoms with Crippen molar-refractivity contribution in [2.75, 3.05) is 13.7 Å². The summed E-state index contributed by atoms with van der Waals surface area (Å²) in [6.45, 7) is 5.86. The number of aromatic nitrogens is 1. The van der Waals surface area contributed by atoms with Crippen LogP contribution < -0.4 is 4.74 Å². The Labute approximate surface area is 138 Å². The lowest BCUT2D eigenvalue weighted by Crippen LogP contribution is -2.28. The van der Waals surface area contributed by atoms with Crippen molar-refractivity contribution in [2.45, 2.75) is 52.1 Å². The Hall–Kier alpha value is -1.81. The van der Waals surface area contributed by atoms with Crippen LogP contribution in [0.4, 0.5) is 0 Å². The molecule has 1 aromatic heterocycles. The molecular formula is C19H26N2O2. The molecule has 1 unspecified atom stereocenters. The molecule has 0 N–H and O–H groups in total. The van der Waals surface area contributed by atoms with Gasteiger partial charge in [0.05, 0.1) is 19.3 Å². The van der Waals surface area contributed by atoms with Crippen molar-refractivity contribution in [3.63, 3.8) is 0 Å². The molecular weight excluding hydrogens is 288 g/mol. The fourth-order valence-corrected chi connectivity index (χ4v) is 3.34. The molecule has 23 heavy (non-hydrogen) atoms. The molecule has 1 aromatic carbocycles. The van der Waals surface area contributed by atoms with Crippen LogP contribution in [0.5, 0.6) is 5.75 Å². The van der Waals surface area contributed by atoms with Crippen LogP contribution in [0.2, 0.25) is 0 Å². The van der Waals surface area contributed by atoms with Crippen LogP contribution in [0.25, 0.3) is 0 Å². The van der Waals surface area contributed by atoms with E-state index < -0.39 is 0 Å².